The van der Waals surface area contributed by atoms with Crippen LogP contribution < -0.4 is 10.6 Å². The minimum atomic E-state index is -1.09. The first-order chi connectivity index (χ1) is 17.0. The van der Waals surface area contributed by atoms with Crippen molar-refractivity contribution in [3.8, 4) is 11.1 Å². The summed E-state index contributed by atoms with van der Waals surface area (Å²) in [6.45, 7) is 0.480. The number of fused-ring (bicyclic) bond motifs is 3. The molecule has 0 radical (unpaired) electrons. The molecule has 2 amide bonds. The van der Waals surface area contributed by atoms with Crippen LogP contribution in [0.1, 0.15) is 33.8 Å². The molecule has 1 saturated heterocycles. The Bertz CT molecular complexity index is 1240. The third kappa shape index (κ3) is 4.61. The normalized spacial score (nSPS) is 18.4. The zero-order valence-electron chi connectivity index (χ0n) is 18.8. The number of carboxylic acids is 1. The predicted octanol–water partition coefficient (Wildman–Crippen LogP) is 4.02. The Kier molecular flexibility index (Phi) is 6.20. The highest BCUT2D eigenvalue weighted by Gasteiger charge is 2.36. The van der Waals surface area contributed by atoms with Gasteiger partial charge in [0.1, 0.15) is 6.61 Å². The lowest BCUT2D eigenvalue weighted by molar-refractivity contribution is -0.125. The smallest absolute Gasteiger partial charge is 0.407 e. The van der Waals surface area contributed by atoms with E-state index in [-0.39, 0.29) is 18.1 Å². The van der Waals surface area contributed by atoms with Crippen molar-refractivity contribution < 1.29 is 29.0 Å². The maximum absolute atomic E-state index is 12.8. The van der Waals surface area contributed by atoms with Gasteiger partial charge in [-0.3, -0.25) is 4.79 Å². The Morgan fingerprint density at radius 2 is 1.63 bits per heavy atom. The maximum Gasteiger partial charge on any atom is 0.407 e. The molecule has 0 bridgehead atoms. The van der Waals surface area contributed by atoms with E-state index >= 15 is 0 Å². The number of ether oxygens (including phenoxy) is 2. The minimum Gasteiger partial charge on any atom is -0.478 e. The molecule has 1 fully saturated rings. The van der Waals surface area contributed by atoms with Gasteiger partial charge in [0, 0.05) is 18.2 Å². The summed E-state index contributed by atoms with van der Waals surface area (Å²) in [6.07, 6.45) is -1.07. The van der Waals surface area contributed by atoms with Crippen molar-refractivity contribution in [3.63, 3.8) is 0 Å². The van der Waals surface area contributed by atoms with E-state index in [0.29, 0.717) is 18.7 Å². The van der Waals surface area contributed by atoms with Gasteiger partial charge < -0.3 is 25.2 Å². The van der Waals surface area contributed by atoms with Gasteiger partial charge in [-0.15, -0.1) is 0 Å². The molecule has 1 heterocycles. The second-order valence-electron chi connectivity index (χ2n) is 8.53. The van der Waals surface area contributed by atoms with Crippen molar-refractivity contribution in [2.24, 2.45) is 0 Å². The number of alkyl carbamates (subject to hydrolysis) is 1. The van der Waals surface area contributed by atoms with E-state index in [2.05, 4.69) is 22.8 Å². The highest BCUT2D eigenvalue weighted by molar-refractivity contribution is 5.97. The zero-order valence-corrected chi connectivity index (χ0v) is 18.8. The average molecular weight is 472 g/mol. The summed E-state index contributed by atoms with van der Waals surface area (Å²) in [6, 6.07) is 21.5. The number of anilines is 1. The van der Waals surface area contributed by atoms with Gasteiger partial charge in [0.25, 0.3) is 5.91 Å². The van der Waals surface area contributed by atoms with Crippen molar-refractivity contribution in [2.75, 3.05) is 18.5 Å². The predicted molar refractivity (Wildman–Crippen MR) is 128 cm³/mol. The molecule has 0 spiro atoms. The van der Waals surface area contributed by atoms with Gasteiger partial charge in [0.15, 0.2) is 6.10 Å². The quantitative estimate of drug-likeness (QED) is 0.499. The molecular formula is C27H24N2O6. The fraction of sp³-hybridized carbons (Fsp3) is 0.222. The number of carbonyl (C=O) groups excluding carboxylic acids is 2. The number of hydrogen-bond donors (Lipinski definition) is 3. The summed E-state index contributed by atoms with van der Waals surface area (Å²) in [4.78, 5) is 36.6. The van der Waals surface area contributed by atoms with Crippen LogP contribution in [0, 0.1) is 0 Å². The van der Waals surface area contributed by atoms with Gasteiger partial charge in [-0.1, -0.05) is 54.6 Å². The van der Waals surface area contributed by atoms with E-state index in [1.807, 2.05) is 36.4 Å². The Balaban J connectivity index is 1.21. The van der Waals surface area contributed by atoms with Gasteiger partial charge >= 0.3 is 12.1 Å². The molecule has 3 aromatic carbocycles. The molecule has 3 N–H and O–H groups in total. The number of carboxylic acid groups (broad SMARTS) is 1. The Labute approximate surface area is 201 Å². The Hall–Kier alpha value is -4.17. The number of amides is 2. The van der Waals surface area contributed by atoms with E-state index in [9.17, 15) is 14.4 Å². The summed E-state index contributed by atoms with van der Waals surface area (Å²) in [5, 5.41) is 14.6. The number of carbonyl (C=O) groups is 3. The van der Waals surface area contributed by atoms with Crippen LogP contribution in [0.15, 0.2) is 72.8 Å². The lowest BCUT2D eigenvalue weighted by atomic mass is 9.98. The van der Waals surface area contributed by atoms with Crippen molar-refractivity contribution >= 4 is 23.7 Å². The minimum absolute atomic E-state index is 0.0588. The van der Waals surface area contributed by atoms with Crippen LogP contribution in [0.3, 0.4) is 0 Å². The monoisotopic (exact) mass is 472 g/mol. The third-order valence-corrected chi connectivity index (χ3v) is 6.37. The van der Waals surface area contributed by atoms with Gasteiger partial charge in [0.05, 0.1) is 11.6 Å². The van der Waals surface area contributed by atoms with E-state index < -0.39 is 30.1 Å². The Morgan fingerprint density at radius 3 is 2.31 bits per heavy atom. The molecule has 1 aliphatic heterocycles. The molecule has 8 nitrogen and oxygen atoms in total. The SMILES string of the molecule is O=C(NC1CCOC1C(=O)Nc1cccc(C(=O)O)c1)OCC1c2ccccc2-c2ccccc21. The first kappa shape index (κ1) is 22.6. The maximum atomic E-state index is 12.8. The molecule has 0 saturated carbocycles. The zero-order chi connectivity index (χ0) is 24.4. The van der Waals surface area contributed by atoms with Crippen LogP contribution >= 0.6 is 0 Å². The van der Waals surface area contributed by atoms with E-state index in [0.717, 1.165) is 22.3 Å². The molecule has 2 aliphatic rings. The molecule has 1 aliphatic carbocycles. The molecule has 8 heteroatoms. The topological polar surface area (TPSA) is 114 Å². The highest BCUT2D eigenvalue weighted by atomic mass is 16.6. The number of benzene rings is 3. The second kappa shape index (κ2) is 9.60. The van der Waals surface area contributed by atoms with Crippen molar-refractivity contribution in [1.29, 1.82) is 0 Å². The fourth-order valence-electron chi connectivity index (χ4n) is 4.73. The van der Waals surface area contributed by atoms with E-state index in [4.69, 9.17) is 14.6 Å². The first-order valence-corrected chi connectivity index (χ1v) is 11.4. The molecular weight excluding hydrogens is 448 g/mol. The van der Waals surface area contributed by atoms with Crippen LogP contribution in [0.5, 0.6) is 0 Å². The summed E-state index contributed by atoms with van der Waals surface area (Å²) >= 11 is 0. The van der Waals surface area contributed by atoms with Crippen LogP contribution in [0.2, 0.25) is 0 Å². The van der Waals surface area contributed by atoms with Crippen molar-refractivity contribution in [1.82, 2.24) is 5.32 Å². The highest BCUT2D eigenvalue weighted by Crippen LogP contribution is 2.44. The van der Waals surface area contributed by atoms with Gasteiger partial charge in [0.2, 0.25) is 0 Å². The molecule has 3 aromatic rings. The lowest BCUT2D eigenvalue weighted by Gasteiger charge is -2.20. The van der Waals surface area contributed by atoms with Gasteiger partial charge in [-0.2, -0.15) is 0 Å². The van der Waals surface area contributed by atoms with E-state index in [1.165, 1.54) is 12.1 Å². The average Bonchev–Trinajstić information content (AvgIpc) is 3.45. The van der Waals surface area contributed by atoms with Crippen molar-refractivity contribution in [2.45, 2.75) is 24.5 Å². The summed E-state index contributed by atoms with van der Waals surface area (Å²) in [7, 11) is 0. The standard InChI is InChI=1S/C27H24N2O6/c30-25(28-17-7-5-6-16(14-17)26(31)32)24-23(12-13-34-24)29-27(33)35-15-22-20-10-3-1-8-18(20)19-9-2-4-11-21(19)22/h1-11,14,22-24H,12-13,15H2,(H,28,30)(H,29,33)(H,31,32). The number of rotatable bonds is 6. The Morgan fingerprint density at radius 1 is 0.943 bits per heavy atom. The number of hydrogen-bond acceptors (Lipinski definition) is 5. The molecule has 178 valence electrons. The largest absolute Gasteiger partial charge is 0.478 e. The molecule has 2 atom stereocenters. The summed E-state index contributed by atoms with van der Waals surface area (Å²) < 4.78 is 11.1. The van der Waals surface area contributed by atoms with Crippen LogP contribution in [0.4, 0.5) is 10.5 Å². The summed E-state index contributed by atoms with van der Waals surface area (Å²) in [5.41, 5.74) is 4.92. The molecule has 0 aromatic heterocycles. The van der Waals surface area contributed by atoms with Gasteiger partial charge in [-0.25, -0.2) is 9.59 Å². The molecule has 5 rings (SSSR count). The number of aromatic carboxylic acids is 1. The lowest BCUT2D eigenvalue weighted by Crippen LogP contribution is -2.46. The van der Waals surface area contributed by atoms with Crippen molar-refractivity contribution in [3.05, 3.63) is 89.5 Å². The number of nitrogens with one attached hydrogen (secondary N) is 2. The fourth-order valence-corrected chi connectivity index (χ4v) is 4.73. The van der Waals surface area contributed by atoms with Crippen LogP contribution in [-0.4, -0.2) is 48.4 Å². The third-order valence-electron chi connectivity index (χ3n) is 6.37. The van der Waals surface area contributed by atoms with E-state index in [1.54, 1.807) is 12.1 Å². The van der Waals surface area contributed by atoms with Crippen LogP contribution in [0.25, 0.3) is 11.1 Å². The summed E-state index contributed by atoms with van der Waals surface area (Å²) in [5.74, 6) is -1.62. The molecule has 35 heavy (non-hydrogen) atoms. The molecule has 2 unspecified atom stereocenters. The van der Waals surface area contributed by atoms with Gasteiger partial charge in [-0.05, 0) is 46.9 Å². The first-order valence-electron chi connectivity index (χ1n) is 11.4. The van der Waals surface area contributed by atoms with Crippen LogP contribution in [-0.2, 0) is 14.3 Å². The second-order valence-corrected chi connectivity index (χ2v) is 8.53.